The number of likely N-dealkylation sites (N-methyl/N-ethyl adjacent to an activating group) is 1. The fourth-order valence-corrected chi connectivity index (χ4v) is 1.82. The second-order valence-electron chi connectivity index (χ2n) is 6.37. The van der Waals surface area contributed by atoms with Crippen molar-refractivity contribution in [2.45, 2.75) is 53.5 Å². The molecule has 3 N–H and O–H groups in total. The van der Waals surface area contributed by atoms with Gasteiger partial charge in [-0.1, -0.05) is 13.8 Å². The van der Waals surface area contributed by atoms with Crippen LogP contribution in [0.3, 0.4) is 0 Å². The Morgan fingerprint density at radius 2 is 1.67 bits per heavy atom. The Labute approximate surface area is 128 Å². The van der Waals surface area contributed by atoms with E-state index >= 15 is 0 Å². The Balaban J connectivity index is 4.34. The minimum atomic E-state index is -1.05. The maximum atomic E-state index is 11.9. The molecule has 0 bridgehead atoms. The van der Waals surface area contributed by atoms with E-state index < -0.39 is 16.9 Å². The number of hydrogen-bond donors (Lipinski definition) is 3. The first-order valence-corrected chi connectivity index (χ1v) is 7.60. The van der Waals surface area contributed by atoms with Crippen LogP contribution < -0.4 is 10.6 Å². The van der Waals surface area contributed by atoms with Crippen LogP contribution in [-0.2, 0) is 4.79 Å². The fourth-order valence-electron chi connectivity index (χ4n) is 1.82. The van der Waals surface area contributed by atoms with Crippen LogP contribution in [0.5, 0.6) is 0 Å². The summed E-state index contributed by atoms with van der Waals surface area (Å²) in [6.45, 7) is 14.2. The van der Waals surface area contributed by atoms with Gasteiger partial charge in [-0.2, -0.15) is 0 Å². The molecule has 0 saturated heterocycles. The molecule has 0 fully saturated rings. The van der Waals surface area contributed by atoms with Gasteiger partial charge in [-0.3, -0.25) is 4.79 Å². The summed E-state index contributed by atoms with van der Waals surface area (Å²) in [6, 6.07) is -0.332. The van der Waals surface area contributed by atoms with Gasteiger partial charge in [-0.05, 0) is 47.2 Å². The van der Waals surface area contributed by atoms with Crippen LogP contribution in [0.4, 0.5) is 4.79 Å². The molecule has 2 amide bonds. The van der Waals surface area contributed by atoms with Gasteiger partial charge < -0.3 is 20.6 Å². The number of aliphatic carboxylic acids is 1. The molecule has 0 aromatic rings. The normalized spacial score (nSPS) is 12.3. The number of hydrogen-bond acceptors (Lipinski definition) is 3. The van der Waals surface area contributed by atoms with Crippen LogP contribution in [-0.4, -0.2) is 53.7 Å². The lowest BCUT2D eigenvalue weighted by Gasteiger charge is -2.38. The lowest BCUT2D eigenvalue weighted by atomic mass is 9.74. The highest BCUT2D eigenvalue weighted by atomic mass is 16.4. The van der Waals surface area contributed by atoms with Gasteiger partial charge in [-0.25, -0.2) is 4.79 Å². The maximum absolute atomic E-state index is 11.9. The zero-order valence-electron chi connectivity index (χ0n) is 14.2. The van der Waals surface area contributed by atoms with Crippen LogP contribution >= 0.6 is 0 Å². The molecular weight excluding hydrogens is 270 g/mol. The average Bonchev–Trinajstić information content (AvgIpc) is 2.36. The summed E-state index contributed by atoms with van der Waals surface area (Å²) < 4.78 is 0. The fraction of sp³-hybridized carbons (Fsp3) is 0.867. The highest BCUT2D eigenvalue weighted by molar-refractivity contribution is 5.79. The highest BCUT2D eigenvalue weighted by Crippen LogP contribution is 2.30. The van der Waals surface area contributed by atoms with Crippen molar-refractivity contribution in [2.75, 3.05) is 26.2 Å². The Morgan fingerprint density at radius 3 is 2.10 bits per heavy atom. The average molecular weight is 301 g/mol. The summed E-state index contributed by atoms with van der Waals surface area (Å²) in [5, 5.41) is 14.8. The molecule has 0 aromatic carbocycles. The molecule has 0 aliphatic rings. The molecule has 0 saturated carbocycles. The van der Waals surface area contributed by atoms with E-state index in [2.05, 4.69) is 29.4 Å². The number of rotatable bonds is 9. The van der Waals surface area contributed by atoms with E-state index in [0.717, 1.165) is 26.1 Å². The van der Waals surface area contributed by atoms with Crippen LogP contribution in [0.1, 0.15) is 48.0 Å². The monoisotopic (exact) mass is 301 g/mol. The number of urea groups is 1. The summed E-state index contributed by atoms with van der Waals surface area (Å²) in [5.41, 5.74) is -1.90. The van der Waals surface area contributed by atoms with Crippen molar-refractivity contribution < 1.29 is 14.7 Å². The number of nitrogens with one attached hydrogen (secondary N) is 2. The van der Waals surface area contributed by atoms with Gasteiger partial charge in [0.05, 0.1) is 11.0 Å². The van der Waals surface area contributed by atoms with Gasteiger partial charge >= 0.3 is 12.0 Å². The van der Waals surface area contributed by atoms with Gasteiger partial charge in [-0.15, -0.1) is 0 Å². The van der Waals surface area contributed by atoms with Crippen molar-refractivity contribution >= 4 is 12.0 Å². The van der Waals surface area contributed by atoms with Gasteiger partial charge in [0.1, 0.15) is 0 Å². The molecule has 6 heteroatoms. The van der Waals surface area contributed by atoms with Gasteiger partial charge in [0.25, 0.3) is 0 Å². The van der Waals surface area contributed by atoms with Crippen LogP contribution in [0.15, 0.2) is 0 Å². The Bertz CT molecular complexity index is 354. The van der Waals surface area contributed by atoms with Crippen LogP contribution in [0.2, 0.25) is 0 Å². The lowest BCUT2D eigenvalue weighted by molar-refractivity contribution is -0.150. The van der Waals surface area contributed by atoms with Crippen molar-refractivity contribution in [1.29, 1.82) is 0 Å². The van der Waals surface area contributed by atoms with Crippen molar-refractivity contribution in [2.24, 2.45) is 5.41 Å². The molecule has 0 radical (unpaired) electrons. The Morgan fingerprint density at radius 1 is 1.10 bits per heavy atom. The molecule has 0 rings (SSSR count). The minimum absolute atomic E-state index is 0.332. The van der Waals surface area contributed by atoms with Crippen molar-refractivity contribution in [3.8, 4) is 0 Å². The van der Waals surface area contributed by atoms with Gasteiger partial charge in [0.2, 0.25) is 0 Å². The first-order chi connectivity index (χ1) is 9.58. The first kappa shape index (κ1) is 19.7. The third-order valence-electron chi connectivity index (χ3n) is 4.22. The summed E-state index contributed by atoms with van der Waals surface area (Å²) in [6.07, 6.45) is 1.08. The summed E-state index contributed by atoms with van der Waals surface area (Å²) in [7, 11) is 0. The lowest BCUT2D eigenvalue weighted by Crippen LogP contribution is -2.59. The maximum Gasteiger partial charge on any atom is 0.315 e. The van der Waals surface area contributed by atoms with E-state index in [9.17, 15) is 14.7 Å². The Hall–Kier alpha value is -1.30. The molecule has 0 aromatic heterocycles. The molecule has 21 heavy (non-hydrogen) atoms. The van der Waals surface area contributed by atoms with Gasteiger partial charge in [0, 0.05) is 13.1 Å². The molecule has 0 aliphatic heterocycles. The summed E-state index contributed by atoms with van der Waals surface area (Å²) in [5.74, 6) is -0.937. The topological polar surface area (TPSA) is 81.7 Å². The number of nitrogens with zero attached hydrogens (tertiary/aromatic N) is 1. The van der Waals surface area contributed by atoms with Crippen LogP contribution in [0, 0.1) is 5.41 Å². The van der Waals surface area contributed by atoms with E-state index in [1.165, 1.54) is 0 Å². The van der Waals surface area contributed by atoms with Gasteiger partial charge in [0.15, 0.2) is 0 Å². The third kappa shape index (κ3) is 5.91. The van der Waals surface area contributed by atoms with Crippen LogP contribution in [0.25, 0.3) is 0 Å². The molecule has 0 atom stereocenters. The summed E-state index contributed by atoms with van der Waals surface area (Å²) >= 11 is 0. The zero-order valence-corrected chi connectivity index (χ0v) is 14.2. The second-order valence-corrected chi connectivity index (χ2v) is 6.37. The Kier molecular flexibility index (Phi) is 7.71. The molecule has 0 heterocycles. The van der Waals surface area contributed by atoms with E-state index in [0.29, 0.717) is 6.54 Å². The summed E-state index contributed by atoms with van der Waals surface area (Å²) in [4.78, 5) is 25.5. The molecule has 6 nitrogen and oxygen atoms in total. The quantitative estimate of drug-likeness (QED) is 0.607. The number of carboxylic acid groups (broad SMARTS) is 1. The van der Waals surface area contributed by atoms with E-state index in [1.807, 2.05) is 0 Å². The number of carboxylic acids is 1. The molecule has 0 aliphatic carbocycles. The molecular formula is C15H31N3O3. The number of carbonyl (C=O) groups is 2. The molecule has 124 valence electrons. The molecule has 0 spiro atoms. The zero-order chi connectivity index (χ0) is 16.7. The predicted molar refractivity (Wildman–Crippen MR) is 84.4 cm³/mol. The van der Waals surface area contributed by atoms with Crippen molar-refractivity contribution in [1.82, 2.24) is 15.5 Å². The van der Waals surface area contributed by atoms with E-state index in [1.54, 1.807) is 27.7 Å². The third-order valence-corrected chi connectivity index (χ3v) is 4.22. The largest absolute Gasteiger partial charge is 0.481 e. The van der Waals surface area contributed by atoms with E-state index in [4.69, 9.17) is 0 Å². The predicted octanol–water partition coefficient (Wildman–Crippen LogP) is 1.91. The smallest absolute Gasteiger partial charge is 0.315 e. The molecule has 0 unspecified atom stereocenters. The van der Waals surface area contributed by atoms with Crippen molar-refractivity contribution in [3.05, 3.63) is 0 Å². The number of carbonyl (C=O) groups excluding carboxylic acids is 1. The SMILES string of the molecule is CCCN(CC)CCNC(=O)NC(C)(C)C(C)(C)C(=O)O. The number of amides is 2. The van der Waals surface area contributed by atoms with E-state index in [-0.39, 0.29) is 6.03 Å². The second kappa shape index (κ2) is 8.22. The van der Waals surface area contributed by atoms with Crippen molar-refractivity contribution in [3.63, 3.8) is 0 Å². The minimum Gasteiger partial charge on any atom is -0.481 e. The standard InChI is InChI=1S/C15H31N3O3/c1-7-10-18(8-2)11-9-16-13(21)17-15(5,6)14(3,4)12(19)20/h7-11H2,1-6H3,(H,19,20)(H2,16,17,21). The first-order valence-electron chi connectivity index (χ1n) is 7.60. The highest BCUT2D eigenvalue weighted by Gasteiger charge is 2.44.